The molecule has 0 amide bonds. The van der Waals surface area contributed by atoms with Gasteiger partial charge in [0.05, 0.1) is 0 Å². The minimum absolute atomic E-state index is 0.597. The second kappa shape index (κ2) is 2.43. The van der Waals surface area contributed by atoms with E-state index in [0.717, 1.165) is 11.3 Å². The van der Waals surface area contributed by atoms with Crippen molar-refractivity contribution < 1.29 is 9.90 Å². The van der Waals surface area contributed by atoms with Gasteiger partial charge < -0.3 is 5.11 Å². The maximum Gasteiger partial charge on any atom is 0.332 e. The van der Waals surface area contributed by atoms with Gasteiger partial charge >= 0.3 is 5.97 Å². The number of rotatable bonds is 1. The lowest BCUT2D eigenvalue weighted by Crippen LogP contribution is -2.01. The predicted octanol–water partition coefficient (Wildman–Crippen LogP) is 1.13. The first-order chi connectivity index (χ1) is 4.22. The van der Waals surface area contributed by atoms with Gasteiger partial charge in [0.2, 0.25) is 0 Å². The molecule has 1 aliphatic rings. The maximum atomic E-state index is 10.3. The van der Waals surface area contributed by atoms with Crippen LogP contribution in [0.15, 0.2) is 11.1 Å². The van der Waals surface area contributed by atoms with E-state index in [0.29, 0.717) is 11.3 Å². The van der Waals surface area contributed by atoms with Crippen molar-refractivity contribution >= 4 is 17.7 Å². The lowest BCUT2D eigenvalue weighted by molar-refractivity contribution is -0.132. The summed E-state index contributed by atoms with van der Waals surface area (Å²) in [5.74, 6) is 0.820. The molecule has 0 spiro atoms. The summed E-state index contributed by atoms with van der Waals surface area (Å²) in [4.78, 5) is 10.3. The standard InChI is InChI=1S/C6H8O2S/c1-4-2-9-3-5(4)6(7)8/h2-3H2,1H3,(H,7,8). The zero-order valence-corrected chi connectivity index (χ0v) is 5.99. The molecule has 50 valence electrons. The van der Waals surface area contributed by atoms with Crippen LogP contribution in [-0.2, 0) is 4.79 Å². The SMILES string of the molecule is CC1=C(C(=O)O)CSC1. The van der Waals surface area contributed by atoms with Crippen molar-refractivity contribution in [2.24, 2.45) is 0 Å². The summed E-state index contributed by atoms with van der Waals surface area (Å²) < 4.78 is 0. The molecule has 0 aromatic rings. The number of thioether (sulfide) groups is 1. The molecular formula is C6H8O2S. The van der Waals surface area contributed by atoms with Gasteiger partial charge in [0.25, 0.3) is 0 Å². The zero-order chi connectivity index (χ0) is 6.85. The van der Waals surface area contributed by atoms with Gasteiger partial charge in [-0.25, -0.2) is 4.79 Å². The second-order valence-corrected chi connectivity index (χ2v) is 3.04. The van der Waals surface area contributed by atoms with Crippen molar-refractivity contribution in [1.82, 2.24) is 0 Å². The van der Waals surface area contributed by atoms with Gasteiger partial charge in [-0.15, -0.1) is 0 Å². The first-order valence-electron chi connectivity index (χ1n) is 2.71. The van der Waals surface area contributed by atoms with Crippen molar-refractivity contribution in [3.8, 4) is 0 Å². The van der Waals surface area contributed by atoms with E-state index >= 15 is 0 Å². The lowest BCUT2D eigenvalue weighted by atomic mass is 10.2. The van der Waals surface area contributed by atoms with E-state index in [1.54, 1.807) is 11.8 Å². The number of hydrogen-bond acceptors (Lipinski definition) is 2. The van der Waals surface area contributed by atoms with Gasteiger partial charge in [-0.05, 0) is 6.92 Å². The minimum Gasteiger partial charge on any atom is -0.478 e. The Morgan fingerprint density at radius 1 is 1.67 bits per heavy atom. The smallest absolute Gasteiger partial charge is 0.332 e. The van der Waals surface area contributed by atoms with E-state index in [9.17, 15) is 4.79 Å². The average Bonchev–Trinajstić information content (AvgIpc) is 2.13. The fourth-order valence-corrected chi connectivity index (χ4v) is 1.92. The van der Waals surface area contributed by atoms with Crippen LogP contribution in [0.3, 0.4) is 0 Å². The molecule has 0 aromatic carbocycles. The number of aliphatic carboxylic acids is 1. The average molecular weight is 144 g/mol. The Kier molecular flexibility index (Phi) is 1.81. The summed E-state index contributed by atoms with van der Waals surface area (Å²) in [6.45, 7) is 1.88. The monoisotopic (exact) mass is 144 g/mol. The summed E-state index contributed by atoms with van der Waals surface area (Å²) >= 11 is 1.66. The molecule has 0 aromatic heterocycles. The molecule has 1 rings (SSSR count). The van der Waals surface area contributed by atoms with E-state index in [1.807, 2.05) is 6.92 Å². The molecule has 0 unspecified atom stereocenters. The van der Waals surface area contributed by atoms with Gasteiger partial charge in [0, 0.05) is 17.1 Å². The van der Waals surface area contributed by atoms with Gasteiger partial charge in [-0.3, -0.25) is 0 Å². The van der Waals surface area contributed by atoms with Crippen molar-refractivity contribution in [3.63, 3.8) is 0 Å². The molecule has 0 fully saturated rings. The molecular weight excluding hydrogens is 136 g/mol. The van der Waals surface area contributed by atoms with E-state index in [1.165, 1.54) is 0 Å². The van der Waals surface area contributed by atoms with Gasteiger partial charge in [0.15, 0.2) is 0 Å². The van der Waals surface area contributed by atoms with E-state index in [-0.39, 0.29) is 0 Å². The molecule has 0 radical (unpaired) electrons. The number of carbonyl (C=O) groups is 1. The van der Waals surface area contributed by atoms with E-state index in [4.69, 9.17) is 5.11 Å². The van der Waals surface area contributed by atoms with Gasteiger partial charge in [0.1, 0.15) is 0 Å². The topological polar surface area (TPSA) is 37.3 Å². The molecule has 0 bridgehead atoms. The summed E-state index contributed by atoms with van der Waals surface area (Å²) in [6.07, 6.45) is 0. The van der Waals surface area contributed by atoms with Crippen LogP contribution in [0, 0.1) is 0 Å². The quantitative estimate of drug-likeness (QED) is 0.599. The molecule has 1 N–H and O–H groups in total. The number of carboxylic acids is 1. The summed E-state index contributed by atoms with van der Waals surface area (Å²) in [5, 5.41) is 8.51. The Morgan fingerprint density at radius 3 is 2.56 bits per heavy atom. The van der Waals surface area contributed by atoms with Crippen LogP contribution < -0.4 is 0 Å². The molecule has 0 aliphatic carbocycles. The highest BCUT2D eigenvalue weighted by Gasteiger charge is 2.16. The predicted molar refractivity (Wildman–Crippen MR) is 37.7 cm³/mol. The highest BCUT2D eigenvalue weighted by molar-refractivity contribution is 7.99. The Balaban J connectivity index is 2.78. The molecule has 3 heteroatoms. The molecule has 9 heavy (non-hydrogen) atoms. The fourth-order valence-electron chi connectivity index (χ4n) is 0.761. The molecule has 1 heterocycles. The summed E-state index contributed by atoms with van der Waals surface area (Å²) in [7, 11) is 0. The first-order valence-corrected chi connectivity index (χ1v) is 3.87. The van der Waals surface area contributed by atoms with Gasteiger partial charge in [-0.1, -0.05) is 5.57 Å². The second-order valence-electron chi connectivity index (χ2n) is 2.06. The lowest BCUT2D eigenvalue weighted by Gasteiger charge is -1.91. The first kappa shape index (κ1) is 6.68. The minimum atomic E-state index is -0.752. The molecule has 1 aliphatic heterocycles. The van der Waals surface area contributed by atoms with Crippen molar-refractivity contribution in [3.05, 3.63) is 11.1 Å². The van der Waals surface area contributed by atoms with Crippen LogP contribution in [0.4, 0.5) is 0 Å². The Hall–Kier alpha value is -0.440. The number of carboxylic acid groups (broad SMARTS) is 1. The van der Waals surface area contributed by atoms with E-state index < -0.39 is 5.97 Å². The van der Waals surface area contributed by atoms with Crippen LogP contribution in [-0.4, -0.2) is 22.6 Å². The molecule has 0 saturated heterocycles. The van der Waals surface area contributed by atoms with Crippen LogP contribution in [0.25, 0.3) is 0 Å². The third-order valence-corrected chi connectivity index (χ3v) is 2.47. The Morgan fingerprint density at radius 2 is 2.33 bits per heavy atom. The van der Waals surface area contributed by atoms with Crippen molar-refractivity contribution in [2.75, 3.05) is 11.5 Å². The molecule has 0 atom stereocenters. The van der Waals surface area contributed by atoms with Crippen LogP contribution in [0.2, 0.25) is 0 Å². The fraction of sp³-hybridized carbons (Fsp3) is 0.500. The van der Waals surface area contributed by atoms with Crippen LogP contribution >= 0.6 is 11.8 Å². The normalized spacial score (nSPS) is 18.8. The third-order valence-electron chi connectivity index (χ3n) is 1.34. The third kappa shape index (κ3) is 1.27. The Labute approximate surface area is 57.9 Å². The largest absolute Gasteiger partial charge is 0.478 e. The molecule has 0 saturated carbocycles. The van der Waals surface area contributed by atoms with Crippen molar-refractivity contribution in [1.29, 1.82) is 0 Å². The molecule has 2 nitrogen and oxygen atoms in total. The highest BCUT2D eigenvalue weighted by Crippen LogP contribution is 2.23. The highest BCUT2D eigenvalue weighted by atomic mass is 32.2. The summed E-state index contributed by atoms with van der Waals surface area (Å²) in [5.41, 5.74) is 1.62. The zero-order valence-electron chi connectivity index (χ0n) is 5.18. The van der Waals surface area contributed by atoms with Crippen LogP contribution in [0.5, 0.6) is 0 Å². The maximum absolute atomic E-state index is 10.3. The Bertz CT molecular complexity index is 172. The number of hydrogen-bond donors (Lipinski definition) is 1. The van der Waals surface area contributed by atoms with Crippen LogP contribution in [0.1, 0.15) is 6.92 Å². The van der Waals surface area contributed by atoms with Gasteiger partial charge in [-0.2, -0.15) is 11.8 Å². The summed E-state index contributed by atoms with van der Waals surface area (Å²) in [6, 6.07) is 0. The van der Waals surface area contributed by atoms with Crippen molar-refractivity contribution in [2.45, 2.75) is 6.92 Å². The van der Waals surface area contributed by atoms with E-state index in [2.05, 4.69) is 0 Å².